The molecule has 1 aromatic rings. The number of carbonyl (C=O) groups excluding carboxylic acids is 2. The predicted molar refractivity (Wildman–Crippen MR) is 82.6 cm³/mol. The number of carbonyl (C=O) groups is 2. The molecule has 1 fully saturated rings. The number of anilines is 1. The quantitative estimate of drug-likeness (QED) is 0.629. The molecule has 0 aromatic heterocycles. The third-order valence-corrected chi connectivity index (χ3v) is 4.92. The Morgan fingerprint density at radius 3 is 2.29 bits per heavy atom. The molecule has 2 atom stereocenters. The van der Waals surface area contributed by atoms with Gasteiger partial charge in [-0.15, -0.1) is 23.2 Å². The van der Waals surface area contributed by atoms with Gasteiger partial charge in [-0.1, -0.05) is 18.2 Å². The first-order valence-corrected chi connectivity index (χ1v) is 7.36. The van der Waals surface area contributed by atoms with E-state index in [1.165, 1.54) is 11.8 Å². The Morgan fingerprint density at radius 2 is 1.81 bits per heavy atom. The third kappa shape index (κ3) is 3.01. The van der Waals surface area contributed by atoms with E-state index in [9.17, 15) is 9.59 Å². The molecule has 1 aliphatic rings. The van der Waals surface area contributed by atoms with Crippen LogP contribution in [0.25, 0.3) is 0 Å². The third-order valence-electron chi connectivity index (χ3n) is 3.81. The Balaban J connectivity index is 1.99. The number of amides is 1. The van der Waals surface area contributed by atoms with E-state index in [4.69, 9.17) is 27.9 Å². The molecule has 2 rings (SSSR count). The Hall–Kier alpha value is -1.26. The number of ether oxygens (including phenoxy) is 1. The van der Waals surface area contributed by atoms with Crippen LogP contribution < -0.4 is 4.90 Å². The maximum Gasteiger partial charge on any atom is 0.315 e. The van der Waals surface area contributed by atoms with Crippen molar-refractivity contribution >= 4 is 40.8 Å². The van der Waals surface area contributed by atoms with Crippen LogP contribution in [0.5, 0.6) is 0 Å². The summed E-state index contributed by atoms with van der Waals surface area (Å²) in [6.45, 7) is 3.17. The van der Waals surface area contributed by atoms with E-state index >= 15 is 0 Å². The number of benzene rings is 1. The summed E-state index contributed by atoms with van der Waals surface area (Å²) in [6.07, 6.45) is -0.568. The maximum absolute atomic E-state index is 12.3. The van der Waals surface area contributed by atoms with E-state index in [1.54, 1.807) is 26.1 Å². The number of alkyl halides is 2. The van der Waals surface area contributed by atoms with Crippen LogP contribution in [-0.2, 0) is 14.3 Å². The molecule has 1 aromatic carbocycles. The molecule has 0 N–H and O–H groups in total. The smallest absolute Gasteiger partial charge is 0.315 e. The number of halogens is 2. The van der Waals surface area contributed by atoms with E-state index in [1.807, 2.05) is 18.2 Å². The molecule has 0 saturated heterocycles. The number of hydrogen-bond acceptors (Lipinski definition) is 3. The predicted octanol–water partition coefficient (Wildman–Crippen LogP) is 3.17. The van der Waals surface area contributed by atoms with Crippen molar-refractivity contribution in [2.75, 3.05) is 11.9 Å². The molecule has 2 unspecified atom stereocenters. The van der Waals surface area contributed by atoms with Crippen LogP contribution in [0.2, 0.25) is 0 Å². The van der Waals surface area contributed by atoms with Gasteiger partial charge in [-0.05, 0) is 26.0 Å². The standard InChI is InChI=1S/C15H17Cl2NO3/c1-10(21-13(20)14(2)9-15(14,16)17)12(19)18(3)11-7-5-4-6-8-11/h4-8,10H,9H2,1-3H3. The highest BCUT2D eigenvalue weighted by Crippen LogP contribution is 2.64. The number of rotatable bonds is 4. The second-order valence-corrected chi connectivity index (χ2v) is 6.98. The fourth-order valence-electron chi connectivity index (χ4n) is 2.01. The van der Waals surface area contributed by atoms with Gasteiger partial charge in [0.25, 0.3) is 5.91 Å². The van der Waals surface area contributed by atoms with Gasteiger partial charge in [-0.25, -0.2) is 0 Å². The van der Waals surface area contributed by atoms with E-state index in [2.05, 4.69) is 0 Å². The van der Waals surface area contributed by atoms with Crippen LogP contribution in [0.3, 0.4) is 0 Å². The zero-order valence-corrected chi connectivity index (χ0v) is 13.6. The van der Waals surface area contributed by atoms with E-state index in [0.717, 1.165) is 5.69 Å². The molecule has 114 valence electrons. The van der Waals surface area contributed by atoms with Crippen LogP contribution in [0.4, 0.5) is 5.69 Å². The minimum atomic E-state index is -1.10. The first kappa shape index (κ1) is 16.1. The molecular weight excluding hydrogens is 313 g/mol. The van der Waals surface area contributed by atoms with Crippen molar-refractivity contribution in [3.05, 3.63) is 30.3 Å². The molecule has 0 aliphatic heterocycles. The van der Waals surface area contributed by atoms with Gasteiger partial charge in [-0.2, -0.15) is 0 Å². The minimum Gasteiger partial charge on any atom is -0.452 e. The number of likely N-dealkylation sites (N-methyl/N-ethyl adjacent to an activating group) is 1. The molecule has 6 heteroatoms. The Kier molecular flexibility index (Phi) is 4.22. The average Bonchev–Trinajstić information content (AvgIpc) is 2.98. The van der Waals surface area contributed by atoms with Gasteiger partial charge >= 0.3 is 5.97 Å². The number of nitrogens with zero attached hydrogens (tertiary/aromatic N) is 1. The lowest BCUT2D eigenvalue weighted by molar-refractivity contribution is -0.158. The van der Waals surface area contributed by atoms with E-state index in [0.29, 0.717) is 6.42 Å². The maximum atomic E-state index is 12.3. The van der Waals surface area contributed by atoms with Crippen LogP contribution >= 0.6 is 23.2 Å². The Labute approximate surface area is 134 Å². The van der Waals surface area contributed by atoms with Crippen LogP contribution in [0.15, 0.2) is 30.3 Å². The highest BCUT2D eigenvalue weighted by Gasteiger charge is 2.69. The fraction of sp³-hybridized carbons (Fsp3) is 0.467. The van der Waals surface area contributed by atoms with Gasteiger partial charge in [-0.3, -0.25) is 9.59 Å². The first-order valence-electron chi connectivity index (χ1n) is 6.60. The number of esters is 1. The van der Waals surface area contributed by atoms with Crippen molar-refractivity contribution in [3.63, 3.8) is 0 Å². The highest BCUT2D eigenvalue weighted by atomic mass is 35.5. The second-order valence-electron chi connectivity index (χ2n) is 5.49. The Morgan fingerprint density at radius 1 is 1.29 bits per heavy atom. The van der Waals surface area contributed by atoms with Crippen molar-refractivity contribution in [1.82, 2.24) is 0 Å². The van der Waals surface area contributed by atoms with Gasteiger partial charge in [0.15, 0.2) is 6.10 Å². The van der Waals surface area contributed by atoms with Crippen molar-refractivity contribution in [2.24, 2.45) is 5.41 Å². The first-order chi connectivity index (χ1) is 9.69. The normalized spacial score (nSPS) is 24.0. The summed E-state index contributed by atoms with van der Waals surface area (Å²) in [5, 5.41) is 0. The molecule has 0 bridgehead atoms. The summed E-state index contributed by atoms with van der Waals surface area (Å²) in [5.74, 6) is -0.858. The van der Waals surface area contributed by atoms with Crippen molar-refractivity contribution < 1.29 is 14.3 Å². The summed E-state index contributed by atoms with van der Waals surface area (Å²) in [6, 6.07) is 9.13. The number of para-hydroxylation sites is 1. The van der Waals surface area contributed by atoms with Gasteiger partial charge in [0, 0.05) is 19.2 Å². The number of hydrogen-bond donors (Lipinski definition) is 0. The Bertz CT molecular complexity index is 561. The van der Waals surface area contributed by atoms with Crippen molar-refractivity contribution in [3.8, 4) is 0 Å². The fourth-order valence-corrected chi connectivity index (χ4v) is 2.70. The van der Waals surface area contributed by atoms with Gasteiger partial charge < -0.3 is 9.64 Å². The monoisotopic (exact) mass is 329 g/mol. The molecule has 1 aliphatic carbocycles. The molecule has 1 amide bonds. The SMILES string of the molecule is CC(OC(=O)C1(C)CC1(Cl)Cl)C(=O)N(C)c1ccccc1. The van der Waals surface area contributed by atoms with Crippen LogP contribution in [0, 0.1) is 5.41 Å². The molecule has 1 saturated carbocycles. The molecule has 21 heavy (non-hydrogen) atoms. The van der Waals surface area contributed by atoms with E-state index in [-0.39, 0.29) is 5.91 Å². The summed E-state index contributed by atoms with van der Waals surface area (Å²) in [7, 11) is 1.63. The van der Waals surface area contributed by atoms with Gasteiger partial charge in [0.1, 0.15) is 9.75 Å². The summed E-state index contributed by atoms with van der Waals surface area (Å²) >= 11 is 11.9. The van der Waals surface area contributed by atoms with Crippen LogP contribution in [0.1, 0.15) is 20.3 Å². The topological polar surface area (TPSA) is 46.6 Å². The van der Waals surface area contributed by atoms with Gasteiger partial charge in [0.2, 0.25) is 0 Å². The van der Waals surface area contributed by atoms with Crippen LogP contribution in [-0.4, -0.2) is 29.4 Å². The van der Waals surface area contributed by atoms with Crippen molar-refractivity contribution in [1.29, 1.82) is 0 Å². The van der Waals surface area contributed by atoms with Gasteiger partial charge in [0.05, 0.1) is 0 Å². The zero-order chi connectivity index (χ0) is 15.8. The minimum absolute atomic E-state index is 0.312. The highest BCUT2D eigenvalue weighted by molar-refractivity contribution is 6.53. The molecule has 0 spiro atoms. The lowest BCUT2D eigenvalue weighted by atomic mass is 10.1. The summed E-state index contributed by atoms with van der Waals surface area (Å²) in [4.78, 5) is 25.8. The molecule has 4 nitrogen and oxygen atoms in total. The second kappa shape index (κ2) is 5.50. The largest absolute Gasteiger partial charge is 0.452 e. The molecule has 0 radical (unpaired) electrons. The van der Waals surface area contributed by atoms with Crippen molar-refractivity contribution in [2.45, 2.75) is 30.7 Å². The zero-order valence-electron chi connectivity index (χ0n) is 12.1. The summed E-state index contributed by atoms with van der Waals surface area (Å²) < 4.78 is 4.12. The average molecular weight is 330 g/mol. The van der Waals surface area contributed by atoms with E-state index < -0.39 is 21.8 Å². The lowest BCUT2D eigenvalue weighted by Crippen LogP contribution is -2.39. The lowest BCUT2D eigenvalue weighted by Gasteiger charge is -2.23. The summed E-state index contributed by atoms with van der Waals surface area (Å²) in [5.41, 5.74) is -0.206. The molecule has 0 heterocycles. The molecular formula is C15H17Cl2NO3.